The number of fused-ring (bicyclic) bond motifs is 1. The van der Waals surface area contributed by atoms with Crippen molar-refractivity contribution in [2.24, 2.45) is 0 Å². The second-order valence-corrected chi connectivity index (χ2v) is 6.38. The van der Waals surface area contributed by atoms with Gasteiger partial charge < -0.3 is 10.8 Å². The quantitative estimate of drug-likeness (QED) is 0.721. The molecule has 0 atom stereocenters. The molecule has 0 bridgehead atoms. The molecular formula is C20H20N4O. The standard InChI is InChI=1S/C20H20N4O/c21-17-7-5-14(6-8-17)20-22-11-15-9-10-24(13-18(15)23-20)12-16-3-1-2-4-19(16)25/h1-8,11,25H,9-10,12-13,21H2. The predicted molar refractivity (Wildman–Crippen MR) is 97.8 cm³/mol. The van der Waals surface area contributed by atoms with Crippen LogP contribution in [-0.4, -0.2) is 26.5 Å². The third-order valence-electron chi connectivity index (χ3n) is 4.58. The topological polar surface area (TPSA) is 75.3 Å². The van der Waals surface area contributed by atoms with Gasteiger partial charge in [-0.2, -0.15) is 0 Å². The van der Waals surface area contributed by atoms with Crippen LogP contribution >= 0.6 is 0 Å². The van der Waals surface area contributed by atoms with Crippen molar-refractivity contribution in [3.05, 3.63) is 71.5 Å². The monoisotopic (exact) mass is 332 g/mol. The summed E-state index contributed by atoms with van der Waals surface area (Å²) < 4.78 is 0. The van der Waals surface area contributed by atoms with Gasteiger partial charge in [0.15, 0.2) is 5.82 Å². The number of phenolic OH excluding ortho intramolecular Hbond substituents is 1. The van der Waals surface area contributed by atoms with Gasteiger partial charge in [0.05, 0.1) is 5.69 Å². The molecule has 0 amide bonds. The Morgan fingerprint density at radius 1 is 1.08 bits per heavy atom. The molecule has 0 spiro atoms. The van der Waals surface area contributed by atoms with Crippen molar-refractivity contribution in [3.8, 4) is 17.1 Å². The molecule has 1 aliphatic heterocycles. The lowest BCUT2D eigenvalue weighted by Crippen LogP contribution is -2.31. The Morgan fingerprint density at radius 3 is 2.68 bits per heavy atom. The Balaban J connectivity index is 1.56. The van der Waals surface area contributed by atoms with Crippen LogP contribution in [0, 0.1) is 0 Å². The summed E-state index contributed by atoms with van der Waals surface area (Å²) in [5, 5.41) is 9.99. The first kappa shape index (κ1) is 15.6. The summed E-state index contributed by atoms with van der Waals surface area (Å²) in [5.74, 6) is 1.07. The first-order valence-corrected chi connectivity index (χ1v) is 8.39. The van der Waals surface area contributed by atoms with Crippen LogP contribution < -0.4 is 5.73 Å². The second kappa shape index (κ2) is 6.53. The molecule has 0 saturated carbocycles. The lowest BCUT2D eigenvalue weighted by molar-refractivity contribution is 0.238. The van der Waals surface area contributed by atoms with E-state index in [1.54, 1.807) is 6.07 Å². The highest BCUT2D eigenvalue weighted by Crippen LogP contribution is 2.24. The first-order chi connectivity index (χ1) is 12.2. The van der Waals surface area contributed by atoms with Crippen LogP contribution in [0.2, 0.25) is 0 Å². The smallest absolute Gasteiger partial charge is 0.159 e. The second-order valence-electron chi connectivity index (χ2n) is 6.38. The molecule has 0 radical (unpaired) electrons. The first-order valence-electron chi connectivity index (χ1n) is 8.39. The zero-order chi connectivity index (χ0) is 17.2. The van der Waals surface area contributed by atoms with E-state index in [9.17, 15) is 5.11 Å². The predicted octanol–water partition coefficient (Wildman–Crippen LogP) is 2.99. The molecule has 2 aromatic carbocycles. The van der Waals surface area contributed by atoms with Gasteiger partial charge in [-0.25, -0.2) is 9.97 Å². The van der Waals surface area contributed by atoms with E-state index in [1.165, 1.54) is 5.56 Å². The summed E-state index contributed by atoms with van der Waals surface area (Å²) >= 11 is 0. The summed E-state index contributed by atoms with van der Waals surface area (Å²) in [6, 6.07) is 15.1. The molecule has 0 unspecified atom stereocenters. The minimum Gasteiger partial charge on any atom is -0.508 e. The zero-order valence-corrected chi connectivity index (χ0v) is 13.9. The van der Waals surface area contributed by atoms with Gasteiger partial charge in [0.25, 0.3) is 0 Å². The van der Waals surface area contributed by atoms with Gasteiger partial charge in [0, 0.05) is 42.6 Å². The number of nitrogens with zero attached hydrogens (tertiary/aromatic N) is 3. The fraction of sp³-hybridized carbons (Fsp3) is 0.200. The molecule has 0 fully saturated rings. The maximum Gasteiger partial charge on any atom is 0.159 e. The summed E-state index contributed by atoms with van der Waals surface area (Å²) in [4.78, 5) is 11.6. The Bertz CT molecular complexity index is 892. The Morgan fingerprint density at radius 2 is 1.88 bits per heavy atom. The summed E-state index contributed by atoms with van der Waals surface area (Å²) in [6.45, 7) is 2.41. The molecule has 25 heavy (non-hydrogen) atoms. The number of rotatable bonds is 3. The van der Waals surface area contributed by atoms with Gasteiger partial charge in [-0.1, -0.05) is 18.2 Å². The molecule has 126 valence electrons. The van der Waals surface area contributed by atoms with Crippen LogP contribution in [0.5, 0.6) is 5.75 Å². The molecule has 0 aliphatic carbocycles. The normalized spacial score (nSPS) is 14.2. The highest BCUT2D eigenvalue weighted by Gasteiger charge is 2.19. The van der Waals surface area contributed by atoms with E-state index in [0.29, 0.717) is 12.3 Å². The van der Waals surface area contributed by atoms with Crippen LogP contribution in [0.3, 0.4) is 0 Å². The molecule has 3 aromatic rings. The van der Waals surface area contributed by atoms with Crippen LogP contribution in [-0.2, 0) is 19.5 Å². The third-order valence-corrected chi connectivity index (χ3v) is 4.58. The minimum absolute atomic E-state index is 0.346. The molecule has 5 nitrogen and oxygen atoms in total. The van der Waals surface area contributed by atoms with Crippen molar-refractivity contribution in [2.75, 3.05) is 12.3 Å². The van der Waals surface area contributed by atoms with Crippen LogP contribution in [0.15, 0.2) is 54.7 Å². The van der Waals surface area contributed by atoms with Crippen molar-refractivity contribution in [1.29, 1.82) is 0 Å². The maximum absolute atomic E-state index is 9.99. The Labute approximate surface area is 146 Å². The van der Waals surface area contributed by atoms with Crippen molar-refractivity contribution in [3.63, 3.8) is 0 Å². The number of anilines is 1. The van der Waals surface area contributed by atoms with Gasteiger partial charge in [-0.05, 0) is 42.3 Å². The van der Waals surface area contributed by atoms with E-state index in [-0.39, 0.29) is 0 Å². The summed E-state index contributed by atoms with van der Waals surface area (Å²) in [6.07, 6.45) is 2.86. The van der Waals surface area contributed by atoms with Gasteiger partial charge >= 0.3 is 0 Å². The van der Waals surface area contributed by atoms with Gasteiger partial charge in [0.1, 0.15) is 5.75 Å². The highest BCUT2D eigenvalue weighted by molar-refractivity contribution is 5.58. The number of hydrogen-bond donors (Lipinski definition) is 2. The van der Waals surface area contributed by atoms with Crippen molar-refractivity contribution >= 4 is 5.69 Å². The molecule has 1 aromatic heterocycles. The number of phenols is 1. The fourth-order valence-electron chi connectivity index (χ4n) is 3.15. The largest absolute Gasteiger partial charge is 0.508 e. The van der Waals surface area contributed by atoms with Crippen molar-refractivity contribution in [1.82, 2.24) is 14.9 Å². The number of benzene rings is 2. The SMILES string of the molecule is Nc1ccc(-c2ncc3c(n2)CN(Cc2ccccc2O)CC3)cc1. The van der Waals surface area contributed by atoms with Crippen molar-refractivity contribution < 1.29 is 5.11 Å². The molecule has 2 heterocycles. The lowest BCUT2D eigenvalue weighted by Gasteiger charge is -2.28. The maximum atomic E-state index is 9.99. The van der Waals surface area contributed by atoms with Crippen LogP contribution in [0.25, 0.3) is 11.4 Å². The molecule has 5 heteroatoms. The Kier molecular flexibility index (Phi) is 4.07. The molecule has 3 N–H and O–H groups in total. The lowest BCUT2D eigenvalue weighted by atomic mass is 10.1. The van der Waals surface area contributed by atoms with Gasteiger partial charge in [-0.15, -0.1) is 0 Å². The van der Waals surface area contributed by atoms with E-state index in [1.807, 2.05) is 48.7 Å². The van der Waals surface area contributed by atoms with E-state index >= 15 is 0 Å². The van der Waals surface area contributed by atoms with E-state index in [0.717, 1.165) is 47.8 Å². The molecule has 0 saturated heterocycles. The summed E-state index contributed by atoms with van der Waals surface area (Å²) in [7, 11) is 0. The van der Waals surface area contributed by atoms with Gasteiger partial charge in [-0.3, -0.25) is 4.90 Å². The Hall–Kier alpha value is -2.92. The molecule has 1 aliphatic rings. The van der Waals surface area contributed by atoms with Crippen molar-refractivity contribution in [2.45, 2.75) is 19.5 Å². The number of nitrogens with two attached hydrogens (primary N) is 1. The molecule has 4 rings (SSSR count). The minimum atomic E-state index is 0.346. The highest BCUT2D eigenvalue weighted by atomic mass is 16.3. The number of aromatic hydroxyl groups is 1. The number of para-hydroxylation sites is 1. The average molecular weight is 332 g/mol. The van der Waals surface area contributed by atoms with Crippen LogP contribution in [0.1, 0.15) is 16.8 Å². The molecular weight excluding hydrogens is 312 g/mol. The average Bonchev–Trinajstić information content (AvgIpc) is 2.64. The summed E-state index contributed by atoms with van der Waals surface area (Å²) in [5.41, 5.74) is 10.7. The number of hydrogen-bond acceptors (Lipinski definition) is 5. The van der Waals surface area contributed by atoms with Gasteiger partial charge in [0.2, 0.25) is 0 Å². The number of aromatic nitrogens is 2. The van der Waals surface area contributed by atoms with E-state index < -0.39 is 0 Å². The third kappa shape index (κ3) is 3.32. The fourth-order valence-corrected chi connectivity index (χ4v) is 3.15. The van der Waals surface area contributed by atoms with Crippen LogP contribution in [0.4, 0.5) is 5.69 Å². The number of nitrogen functional groups attached to an aromatic ring is 1. The van der Waals surface area contributed by atoms with E-state index in [4.69, 9.17) is 10.7 Å². The van der Waals surface area contributed by atoms with E-state index in [2.05, 4.69) is 9.88 Å². The zero-order valence-electron chi connectivity index (χ0n) is 13.9.